The smallest absolute Gasteiger partial charge is 0.341 e. The lowest BCUT2D eigenvalue weighted by molar-refractivity contribution is -0.139. The summed E-state index contributed by atoms with van der Waals surface area (Å²) in [4.78, 5) is 37.9. The molecule has 0 atom stereocenters. The summed E-state index contributed by atoms with van der Waals surface area (Å²) in [5.41, 5.74) is 1.30. The molecule has 8 heteroatoms. The molecule has 2 rings (SSSR count). The molecule has 136 valence electrons. The van der Waals surface area contributed by atoms with Crippen molar-refractivity contribution >= 4 is 41.2 Å². The van der Waals surface area contributed by atoms with E-state index in [0.717, 1.165) is 0 Å². The molecule has 0 aromatic heterocycles. The second kappa shape index (κ2) is 7.92. The maximum Gasteiger partial charge on any atom is 0.341 e. The van der Waals surface area contributed by atoms with Gasteiger partial charge in [0.1, 0.15) is 11.3 Å². The predicted octanol–water partition coefficient (Wildman–Crippen LogP) is 1.48. The van der Waals surface area contributed by atoms with Crippen LogP contribution in [-0.2, 0) is 20.8 Å². The number of amides is 2. The van der Waals surface area contributed by atoms with E-state index in [1.807, 2.05) is 0 Å². The predicted molar refractivity (Wildman–Crippen MR) is 99.6 cm³/mol. The maximum absolute atomic E-state index is 12.4. The van der Waals surface area contributed by atoms with E-state index in [1.165, 1.54) is 30.0 Å². The molecule has 1 aromatic carbocycles. The van der Waals surface area contributed by atoms with E-state index >= 15 is 0 Å². The zero-order valence-corrected chi connectivity index (χ0v) is 15.2. The first-order chi connectivity index (χ1) is 12.3. The number of hydrogen-bond donors (Lipinski definition) is 1. The lowest BCUT2D eigenvalue weighted by atomic mass is 10.0. The standard InChI is InChI=1S/C18H18N2O5S/c1-4-5-12-8-11(6-7-14(12)25-10-15(21)22)9-13-16(23)19(2)18(26)20(3)17(13)24/h4,6-9H,1,5,10H2,2-3H3,(H,21,22). The van der Waals surface area contributed by atoms with Gasteiger partial charge < -0.3 is 9.84 Å². The number of allylic oxidation sites excluding steroid dienone is 1. The molecule has 1 fully saturated rings. The van der Waals surface area contributed by atoms with Gasteiger partial charge in [-0.15, -0.1) is 6.58 Å². The van der Waals surface area contributed by atoms with Gasteiger partial charge in [0.15, 0.2) is 11.7 Å². The molecule has 1 saturated heterocycles. The molecule has 1 aromatic rings. The maximum atomic E-state index is 12.4. The van der Waals surface area contributed by atoms with E-state index < -0.39 is 24.4 Å². The SMILES string of the molecule is C=CCc1cc(C=C2C(=O)N(C)C(=S)N(C)C2=O)ccc1OCC(=O)O. The van der Waals surface area contributed by atoms with Gasteiger partial charge in [-0.25, -0.2) is 4.79 Å². The summed E-state index contributed by atoms with van der Waals surface area (Å²) < 4.78 is 5.25. The van der Waals surface area contributed by atoms with E-state index in [9.17, 15) is 14.4 Å². The van der Waals surface area contributed by atoms with Crippen LogP contribution in [0.4, 0.5) is 0 Å². The largest absolute Gasteiger partial charge is 0.482 e. The first kappa shape index (κ1) is 19.3. The monoisotopic (exact) mass is 374 g/mol. The van der Waals surface area contributed by atoms with Gasteiger partial charge in [0.2, 0.25) is 0 Å². The van der Waals surface area contributed by atoms with Crippen LogP contribution >= 0.6 is 12.2 Å². The summed E-state index contributed by atoms with van der Waals surface area (Å²) in [6.07, 6.45) is 3.57. The number of thiocarbonyl (C=S) groups is 1. The van der Waals surface area contributed by atoms with Crippen molar-refractivity contribution in [2.75, 3.05) is 20.7 Å². The number of carbonyl (C=O) groups excluding carboxylic acids is 2. The zero-order chi connectivity index (χ0) is 19.4. The first-order valence-corrected chi connectivity index (χ1v) is 8.07. The molecule has 1 heterocycles. The molecule has 0 aliphatic carbocycles. The minimum Gasteiger partial charge on any atom is -0.482 e. The number of ether oxygens (including phenoxy) is 1. The van der Waals surface area contributed by atoms with E-state index in [-0.39, 0.29) is 10.7 Å². The van der Waals surface area contributed by atoms with Crippen molar-refractivity contribution < 1.29 is 24.2 Å². The van der Waals surface area contributed by atoms with Crippen LogP contribution in [0, 0.1) is 0 Å². The van der Waals surface area contributed by atoms with Gasteiger partial charge >= 0.3 is 5.97 Å². The van der Waals surface area contributed by atoms with Crippen molar-refractivity contribution in [2.24, 2.45) is 0 Å². The molecule has 2 amide bonds. The van der Waals surface area contributed by atoms with Gasteiger partial charge in [0.25, 0.3) is 11.8 Å². The minimum atomic E-state index is -1.08. The van der Waals surface area contributed by atoms with Gasteiger partial charge in [-0.2, -0.15) is 0 Å². The summed E-state index contributed by atoms with van der Waals surface area (Å²) in [5, 5.41) is 8.89. The fourth-order valence-electron chi connectivity index (χ4n) is 2.43. The Labute approximate surface area is 156 Å². The minimum absolute atomic E-state index is 0.00708. The normalized spacial score (nSPS) is 14.5. The van der Waals surface area contributed by atoms with Crippen LogP contribution in [0.2, 0.25) is 0 Å². The summed E-state index contributed by atoms with van der Waals surface area (Å²) in [6.45, 7) is 3.20. The lowest BCUT2D eigenvalue weighted by Gasteiger charge is -2.31. The van der Waals surface area contributed by atoms with Crippen molar-refractivity contribution in [1.29, 1.82) is 0 Å². The van der Waals surface area contributed by atoms with Crippen LogP contribution in [0.1, 0.15) is 11.1 Å². The molecule has 7 nitrogen and oxygen atoms in total. The highest BCUT2D eigenvalue weighted by molar-refractivity contribution is 7.80. The number of likely N-dealkylation sites (N-methyl/N-ethyl adjacent to an activating group) is 2. The van der Waals surface area contributed by atoms with Gasteiger partial charge in [-0.05, 0) is 48.0 Å². The van der Waals surface area contributed by atoms with Crippen LogP contribution in [0.25, 0.3) is 6.08 Å². The molecular weight excluding hydrogens is 356 g/mol. The Morgan fingerprint density at radius 3 is 2.42 bits per heavy atom. The number of nitrogens with zero attached hydrogens (tertiary/aromatic N) is 2. The quantitative estimate of drug-likeness (QED) is 0.351. The van der Waals surface area contributed by atoms with E-state index in [1.54, 1.807) is 24.3 Å². The van der Waals surface area contributed by atoms with Gasteiger partial charge in [-0.3, -0.25) is 19.4 Å². The number of aliphatic carboxylic acids is 1. The van der Waals surface area contributed by atoms with Crippen LogP contribution < -0.4 is 4.74 Å². The highest BCUT2D eigenvalue weighted by Crippen LogP contribution is 2.24. The number of rotatable bonds is 6. The third kappa shape index (κ3) is 3.97. The fraction of sp³-hybridized carbons (Fsp3) is 0.222. The molecule has 0 radical (unpaired) electrons. The zero-order valence-electron chi connectivity index (χ0n) is 14.4. The highest BCUT2D eigenvalue weighted by atomic mass is 32.1. The number of carboxylic acids is 1. The Morgan fingerprint density at radius 2 is 1.88 bits per heavy atom. The lowest BCUT2D eigenvalue weighted by Crippen LogP contribution is -2.52. The molecule has 1 aliphatic heterocycles. The number of carboxylic acid groups (broad SMARTS) is 1. The van der Waals surface area contributed by atoms with Crippen molar-refractivity contribution in [2.45, 2.75) is 6.42 Å². The topological polar surface area (TPSA) is 87.2 Å². The fourth-order valence-corrected chi connectivity index (χ4v) is 2.59. The second-order valence-electron chi connectivity index (χ2n) is 5.61. The summed E-state index contributed by atoms with van der Waals surface area (Å²) >= 11 is 5.05. The molecular formula is C18H18N2O5S. The van der Waals surface area contributed by atoms with E-state index in [4.69, 9.17) is 22.1 Å². The van der Waals surface area contributed by atoms with Gasteiger partial charge in [-0.1, -0.05) is 12.1 Å². The third-order valence-corrected chi connectivity index (χ3v) is 4.30. The van der Waals surface area contributed by atoms with Crippen LogP contribution in [-0.4, -0.2) is 58.5 Å². The number of carbonyl (C=O) groups is 3. The van der Waals surface area contributed by atoms with Gasteiger partial charge in [0.05, 0.1) is 0 Å². The van der Waals surface area contributed by atoms with Crippen LogP contribution in [0.5, 0.6) is 5.75 Å². The Hall–Kier alpha value is -3.00. The van der Waals surface area contributed by atoms with Crippen LogP contribution in [0.15, 0.2) is 36.4 Å². The van der Waals surface area contributed by atoms with Crippen molar-refractivity contribution in [3.63, 3.8) is 0 Å². The number of hydrogen-bond acceptors (Lipinski definition) is 5. The Balaban J connectivity index is 2.40. The van der Waals surface area contributed by atoms with Crippen molar-refractivity contribution in [1.82, 2.24) is 9.80 Å². The summed E-state index contributed by atoms with van der Waals surface area (Å²) in [5.74, 6) is -1.63. The third-order valence-electron chi connectivity index (χ3n) is 3.75. The molecule has 0 bridgehead atoms. The molecule has 26 heavy (non-hydrogen) atoms. The van der Waals surface area contributed by atoms with Crippen LogP contribution in [0.3, 0.4) is 0 Å². The van der Waals surface area contributed by atoms with E-state index in [2.05, 4.69) is 6.58 Å². The van der Waals surface area contributed by atoms with Gasteiger partial charge in [0, 0.05) is 14.1 Å². The molecule has 0 saturated carbocycles. The molecule has 1 N–H and O–H groups in total. The molecule has 0 unspecified atom stereocenters. The summed E-state index contributed by atoms with van der Waals surface area (Å²) in [7, 11) is 3.01. The Kier molecular flexibility index (Phi) is 5.89. The Morgan fingerprint density at radius 1 is 1.27 bits per heavy atom. The molecule has 1 aliphatic rings. The summed E-state index contributed by atoms with van der Waals surface area (Å²) in [6, 6.07) is 4.97. The highest BCUT2D eigenvalue weighted by Gasteiger charge is 2.35. The second-order valence-corrected chi connectivity index (χ2v) is 5.98. The van der Waals surface area contributed by atoms with E-state index in [0.29, 0.717) is 23.3 Å². The van der Waals surface area contributed by atoms with Crippen molar-refractivity contribution in [3.8, 4) is 5.75 Å². The first-order valence-electron chi connectivity index (χ1n) is 7.66. The average molecular weight is 374 g/mol. The average Bonchev–Trinajstić information content (AvgIpc) is 2.61. The van der Waals surface area contributed by atoms with Crippen molar-refractivity contribution in [3.05, 3.63) is 47.6 Å². The Bertz CT molecular complexity index is 805. The number of benzene rings is 1. The molecule has 0 spiro atoms.